The summed E-state index contributed by atoms with van der Waals surface area (Å²) in [7, 11) is 0. The van der Waals surface area contributed by atoms with Crippen LogP contribution >= 0.6 is 0 Å². The highest BCUT2D eigenvalue weighted by Gasteiger charge is 2.27. The average molecular weight is 157 g/mol. The molecule has 3 N–H and O–H groups in total. The summed E-state index contributed by atoms with van der Waals surface area (Å²) in [4.78, 5) is 0. The lowest BCUT2D eigenvalue weighted by atomic mass is 9.80. The van der Waals surface area contributed by atoms with Gasteiger partial charge in [-0.2, -0.15) is 0 Å². The lowest BCUT2D eigenvalue weighted by molar-refractivity contribution is 0.0590. The van der Waals surface area contributed by atoms with E-state index >= 15 is 0 Å². The third-order valence-electron chi connectivity index (χ3n) is 2.18. The molecule has 66 valence electrons. The molecular weight excluding hydrogens is 138 g/mol. The van der Waals surface area contributed by atoms with Crippen molar-refractivity contribution in [2.45, 2.75) is 33.3 Å². The first-order chi connectivity index (χ1) is 4.92. The van der Waals surface area contributed by atoms with Crippen molar-refractivity contribution in [2.24, 2.45) is 11.1 Å². The first kappa shape index (κ1) is 10.7. The molecule has 11 heavy (non-hydrogen) atoms. The molecule has 0 spiro atoms. The predicted octanol–water partition coefficient (Wildman–Crippen LogP) is 1.30. The molecule has 2 unspecified atom stereocenters. The number of hydrogen-bond acceptors (Lipinski definition) is 2. The second-order valence-electron chi connectivity index (χ2n) is 3.67. The molecule has 0 aromatic carbocycles. The summed E-state index contributed by atoms with van der Waals surface area (Å²) in [6, 6.07) is 0. The largest absolute Gasteiger partial charge is 0.393 e. The highest BCUT2D eigenvalue weighted by molar-refractivity contribution is 4.97. The first-order valence-corrected chi connectivity index (χ1v) is 3.95. The van der Waals surface area contributed by atoms with Crippen LogP contribution in [-0.4, -0.2) is 17.8 Å². The molecule has 0 aliphatic carbocycles. The van der Waals surface area contributed by atoms with E-state index in [0.717, 1.165) is 12.0 Å². The van der Waals surface area contributed by atoms with Crippen LogP contribution in [0.2, 0.25) is 0 Å². The van der Waals surface area contributed by atoms with Gasteiger partial charge in [0.2, 0.25) is 0 Å². The van der Waals surface area contributed by atoms with Crippen LogP contribution < -0.4 is 5.73 Å². The maximum absolute atomic E-state index is 9.40. The molecule has 0 amide bonds. The van der Waals surface area contributed by atoms with E-state index in [-0.39, 0.29) is 11.5 Å². The molecule has 0 aromatic rings. The normalized spacial score (nSPS) is 19.0. The molecule has 0 saturated carbocycles. The highest BCUT2D eigenvalue weighted by atomic mass is 16.3. The minimum absolute atomic E-state index is 0.203. The van der Waals surface area contributed by atoms with Crippen molar-refractivity contribution in [3.05, 3.63) is 12.2 Å². The van der Waals surface area contributed by atoms with Gasteiger partial charge in [-0.3, -0.25) is 0 Å². The van der Waals surface area contributed by atoms with E-state index in [9.17, 15) is 5.11 Å². The Labute approximate surface area is 69.1 Å². The van der Waals surface area contributed by atoms with Gasteiger partial charge in [0.05, 0.1) is 6.10 Å². The molecule has 0 rings (SSSR count). The molecular formula is C9H19NO. The van der Waals surface area contributed by atoms with Crippen LogP contribution in [0.3, 0.4) is 0 Å². The second-order valence-corrected chi connectivity index (χ2v) is 3.67. The van der Waals surface area contributed by atoms with E-state index in [1.807, 2.05) is 13.8 Å². The molecule has 0 saturated heterocycles. The van der Waals surface area contributed by atoms with Crippen LogP contribution in [0.25, 0.3) is 0 Å². The van der Waals surface area contributed by atoms with Crippen LogP contribution in [0.15, 0.2) is 12.2 Å². The van der Waals surface area contributed by atoms with Gasteiger partial charge in [0, 0.05) is 12.0 Å². The topological polar surface area (TPSA) is 46.2 Å². The minimum atomic E-state index is -0.371. The Kier molecular flexibility index (Phi) is 3.76. The third kappa shape index (κ3) is 3.04. The van der Waals surface area contributed by atoms with Gasteiger partial charge < -0.3 is 10.8 Å². The monoisotopic (exact) mass is 157 g/mol. The smallest absolute Gasteiger partial charge is 0.0580 e. The SMILES string of the molecule is C=C(C)CC(C)(CN)C(C)O. The van der Waals surface area contributed by atoms with E-state index in [0.29, 0.717) is 6.54 Å². The van der Waals surface area contributed by atoms with Gasteiger partial charge in [-0.25, -0.2) is 0 Å². The molecule has 0 radical (unpaired) electrons. The van der Waals surface area contributed by atoms with Crippen LogP contribution in [0.4, 0.5) is 0 Å². The molecule has 2 heteroatoms. The lowest BCUT2D eigenvalue weighted by Gasteiger charge is -2.31. The summed E-state index contributed by atoms with van der Waals surface area (Å²) in [6.07, 6.45) is 0.422. The average Bonchev–Trinajstić information content (AvgIpc) is 1.86. The fourth-order valence-corrected chi connectivity index (χ4v) is 1.08. The van der Waals surface area contributed by atoms with Crippen molar-refractivity contribution in [2.75, 3.05) is 6.54 Å². The zero-order valence-corrected chi connectivity index (χ0v) is 7.72. The summed E-state index contributed by atoms with van der Waals surface area (Å²) in [6.45, 7) is 10.0. The highest BCUT2D eigenvalue weighted by Crippen LogP contribution is 2.27. The minimum Gasteiger partial charge on any atom is -0.393 e. The van der Waals surface area contributed by atoms with Gasteiger partial charge >= 0.3 is 0 Å². The number of hydrogen-bond donors (Lipinski definition) is 2. The van der Waals surface area contributed by atoms with Crippen LogP contribution in [0, 0.1) is 5.41 Å². The molecule has 0 fully saturated rings. The summed E-state index contributed by atoms with van der Waals surface area (Å²) < 4.78 is 0. The van der Waals surface area contributed by atoms with Crippen molar-refractivity contribution < 1.29 is 5.11 Å². The van der Waals surface area contributed by atoms with Crippen LogP contribution in [0.1, 0.15) is 27.2 Å². The molecule has 0 bridgehead atoms. The molecule has 2 atom stereocenters. The Morgan fingerprint density at radius 2 is 2.18 bits per heavy atom. The van der Waals surface area contributed by atoms with Crippen molar-refractivity contribution in [1.82, 2.24) is 0 Å². The van der Waals surface area contributed by atoms with Gasteiger partial charge in [-0.1, -0.05) is 12.5 Å². The molecule has 0 aliphatic rings. The second kappa shape index (κ2) is 3.88. The van der Waals surface area contributed by atoms with Gasteiger partial charge in [-0.15, -0.1) is 6.58 Å². The quantitative estimate of drug-likeness (QED) is 0.604. The van der Waals surface area contributed by atoms with Gasteiger partial charge in [0.15, 0.2) is 0 Å². The van der Waals surface area contributed by atoms with Crippen LogP contribution in [-0.2, 0) is 0 Å². The van der Waals surface area contributed by atoms with Crippen LogP contribution in [0.5, 0.6) is 0 Å². The molecule has 0 aromatic heterocycles. The predicted molar refractivity (Wildman–Crippen MR) is 48.3 cm³/mol. The molecule has 0 aliphatic heterocycles. The zero-order chi connectivity index (χ0) is 9.07. The van der Waals surface area contributed by atoms with Gasteiger partial charge in [-0.05, 0) is 20.3 Å². The van der Waals surface area contributed by atoms with E-state index in [1.54, 1.807) is 6.92 Å². The fourth-order valence-electron chi connectivity index (χ4n) is 1.08. The number of allylic oxidation sites excluding steroid dienone is 1. The third-order valence-corrected chi connectivity index (χ3v) is 2.18. The summed E-state index contributed by atoms with van der Waals surface area (Å²) in [5.41, 5.74) is 6.42. The zero-order valence-electron chi connectivity index (χ0n) is 7.72. The molecule has 2 nitrogen and oxygen atoms in total. The van der Waals surface area contributed by atoms with Crippen molar-refractivity contribution in [3.8, 4) is 0 Å². The summed E-state index contributed by atoms with van der Waals surface area (Å²) >= 11 is 0. The van der Waals surface area contributed by atoms with E-state index in [4.69, 9.17) is 5.73 Å². The van der Waals surface area contributed by atoms with Crippen molar-refractivity contribution in [1.29, 1.82) is 0 Å². The number of rotatable bonds is 4. The standard InChI is InChI=1S/C9H19NO/c1-7(2)5-9(4,6-10)8(3)11/h8,11H,1,5-6,10H2,2-4H3. The Bertz CT molecular complexity index is 142. The lowest BCUT2D eigenvalue weighted by Crippen LogP contribution is -2.37. The maximum Gasteiger partial charge on any atom is 0.0580 e. The first-order valence-electron chi connectivity index (χ1n) is 3.95. The summed E-state index contributed by atoms with van der Waals surface area (Å²) in [5, 5.41) is 9.40. The van der Waals surface area contributed by atoms with Gasteiger partial charge in [0.1, 0.15) is 0 Å². The Balaban J connectivity index is 4.22. The fraction of sp³-hybridized carbons (Fsp3) is 0.778. The Morgan fingerprint density at radius 1 is 1.73 bits per heavy atom. The number of aliphatic hydroxyl groups excluding tert-OH is 1. The maximum atomic E-state index is 9.40. The van der Waals surface area contributed by atoms with E-state index in [1.165, 1.54) is 0 Å². The van der Waals surface area contributed by atoms with E-state index < -0.39 is 0 Å². The van der Waals surface area contributed by atoms with Gasteiger partial charge in [0.25, 0.3) is 0 Å². The Hall–Kier alpha value is -0.340. The number of nitrogens with two attached hydrogens (primary N) is 1. The van der Waals surface area contributed by atoms with Crippen molar-refractivity contribution in [3.63, 3.8) is 0 Å². The number of aliphatic hydroxyl groups is 1. The van der Waals surface area contributed by atoms with E-state index in [2.05, 4.69) is 6.58 Å². The van der Waals surface area contributed by atoms with Crippen molar-refractivity contribution >= 4 is 0 Å². The summed E-state index contributed by atoms with van der Waals surface area (Å²) in [5.74, 6) is 0. The molecule has 0 heterocycles. The Morgan fingerprint density at radius 3 is 2.27 bits per heavy atom.